The molecule has 2 saturated heterocycles. The molecule has 10 heteroatoms. The van der Waals surface area contributed by atoms with Gasteiger partial charge in [-0.05, 0) is 46.3 Å². The van der Waals surface area contributed by atoms with Gasteiger partial charge in [-0.1, -0.05) is 19.3 Å². The van der Waals surface area contributed by atoms with E-state index in [9.17, 15) is 14.4 Å². The summed E-state index contributed by atoms with van der Waals surface area (Å²) < 4.78 is 28.7. The van der Waals surface area contributed by atoms with Crippen LogP contribution in [0.15, 0.2) is 0 Å². The average Bonchev–Trinajstić information content (AvgIpc) is 2.94. The number of hydrogen-bond acceptors (Lipinski definition) is 8. The highest BCUT2D eigenvalue weighted by Crippen LogP contribution is 2.54. The van der Waals surface area contributed by atoms with E-state index in [1.165, 1.54) is 4.90 Å². The Hall–Kier alpha value is -1.49. The molecule has 1 amide bonds. The van der Waals surface area contributed by atoms with E-state index in [0.29, 0.717) is 0 Å². The minimum absolute atomic E-state index is 0.0801. The zero-order valence-corrected chi connectivity index (χ0v) is 20.2. The van der Waals surface area contributed by atoms with Crippen LogP contribution >= 0.6 is 0 Å². The molecular formula is C21H35NO8Si. The molecule has 0 aromatic rings. The predicted octanol–water partition coefficient (Wildman–Crippen LogP) is 2.19. The number of hydrogen-bond donors (Lipinski definition) is 0. The Morgan fingerprint density at radius 3 is 2.32 bits per heavy atom. The molecule has 3 atom stereocenters. The molecule has 2 aliphatic heterocycles. The van der Waals surface area contributed by atoms with Crippen molar-refractivity contribution in [3.63, 3.8) is 0 Å². The summed E-state index contributed by atoms with van der Waals surface area (Å²) in [7, 11) is -2.45. The van der Waals surface area contributed by atoms with Crippen molar-refractivity contribution in [2.75, 3.05) is 26.6 Å². The summed E-state index contributed by atoms with van der Waals surface area (Å²) >= 11 is 0. The lowest BCUT2D eigenvalue weighted by Gasteiger charge is -2.47. The lowest BCUT2D eigenvalue weighted by atomic mass is 9.75. The van der Waals surface area contributed by atoms with Crippen molar-refractivity contribution < 1.29 is 37.8 Å². The third-order valence-corrected chi connectivity index (χ3v) is 6.99. The van der Waals surface area contributed by atoms with Crippen LogP contribution in [0.2, 0.25) is 19.6 Å². The van der Waals surface area contributed by atoms with Crippen LogP contribution < -0.4 is 0 Å². The normalized spacial score (nSPS) is 32.0. The number of amides is 1. The molecule has 3 rings (SSSR count). The first kappa shape index (κ1) is 24.2. The Labute approximate surface area is 184 Å². The molecule has 3 aliphatic rings. The summed E-state index contributed by atoms with van der Waals surface area (Å²) in [5.74, 6) is -3.88. The second-order valence-electron chi connectivity index (χ2n) is 9.29. The Morgan fingerprint density at radius 2 is 1.74 bits per heavy atom. The molecule has 0 N–H and O–H groups in total. The number of esters is 2. The van der Waals surface area contributed by atoms with E-state index >= 15 is 0 Å². The highest BCUT2D eigenvalue weighted by atomic mass is 28.4. The number of fused-ring (bicyclic) bond motifs is 1. The standard InChI is InChI=1S/C21H35NO8Si/c1-6-27-17(23)16-20(19(25)28-7-2)13-26-14-29-21(20,30-31(3,4)5)18(24)22(16)15-11-9-8-10-12-15/h15-16H,6-14H2,1-5H3. The zero-order valence-electron chi connectivity index (χ0n) is 19.2. The molecule has 176 valence electrons. The summed E-state index contributed by atoms with van der Waals surface area (Å²) in [5.41, 5.74) is -1.80. The number of carbonyl (C=O) groups excluding carboxylic acids is 3. The van der Waals surface area contributed by atoms with E-state index in [1.807, 2.05) is 19.6 Å². The Balaban J connectivity index is 2.23. The number of likely N-dealkylation sites (tertiary alicyclic amines) is 1. The predicted molar refractivity (Wildman–Crippen MR) is 112 cm³/mol. The Kier molecular flexibility index (Phi) is 7.14. The van der Waals surface area contributed by atoms with E-state index in [1.54, 1.807) is 13.8 Å². The van der Waals surface area contributed by atoms with Gasteiger partial charge in [0.1, 0.15) is 0 Å². The SMILES string of the molecule is CCOC(=O)C1N(C2CCCCC2)C(=O)C2(O[Si](C)(C)C)OCOCC12C(=O)OCC. The van der Waals surface area contributed by atoms with Crippen LogP contribution in [0.4, 0.5) is 0 Å². The van der Waals surface area contributed by atoms with E-state index in [0.717, 1.165) is 32.1 Å². The second-order valence-corrected chi connectivity index (χ2v) is 13.7. The Bertz CT molecular complexity index is 704. The lowest BCUT2D eigenvalue weighted by Crippen LogP contribution is -2.68. The van der Waals surface area contributed by atoms with Crippen LogP contribution in [-0.4, -0.2) is 75.5 Å². The minimum atomic E-state index is -2.45. The quantitative estimate of drug-likeness (QED) is 0.424. The number of rotatable bonds is 7. The summed E-state index contributed by atoms with van der Waals surface area (Å²) in [5, 5.41) is 0. The van der Waals surface area contributed by atoms with Crippen LogP contribution in [0, 0.1) is 5.41 Å². The summed E-state index contributed by atoms with van der Waals surface area (Å²) in [6, 6.07) is -1.45. The van der Waals surface area contributed by atoms with Crippen molar-refractivity contribution in [1.29, 1.82) is 0 Å². The highest BCUT2D eigenvalue weighted by Gasteiger charge is 2.80. The maximum atomic E-state index is 14.1. The Morgan fingerprint density at radius 1 is 1.10 bits per heavy atom. The van der Waals surface area contributed by atoms with Crippen LogP contribution in [0.5, 0.6) is 0 Å². The zero-order chi connectivity index (χ0) is 22.9. The molecule has 31 heavy (non-hydrogen) atoms. The number of ether oxygens (including phenoxy) is 4. The molecule has 1 aliphatic carbocycles. The van der Waals surface area contributed by atoms with Gasteiger partial charge in [-0.25, -0.2) is 4.79 Å². The van der Waals surface area contributed by atoms with Crippen molar-refractivity contribution in [3.8, 4) is 0 Å². The van der Waals surface area contributed by atoms with Crippen molar-refractivity contribution in [2.45, 2.75) is 83.5 Å². The van der Waals surface area contributed by atoms with Crippen LogP contribution in [-0.2, 0) is 37.8 Å². The third kappa shape index (κ3) is 4.03. The second kappa shape index (κ2) is 9.17. The van der Waals surface area contributed by atoms with Gasteiger partial charge in [-0.15, -0.1) is 0 Å². The first-order chi connectivity index (χ1) is 14.6. The summed E-state index contributed by atoms with van der Waals surface area (Å²) in [6.45, 7) is 8.85. The van der Waals surface area contributed by atoms with E-state index in [2.05, 4.69) is 0 Å². The molecule has 0 aromatic carbocycles. The molecule has 2 heterocycles. The first-order valence-corrected chi connectivity index (χ1v) is 14.6. The molecule has 9 nitrogen and oxygen atoms in total. The first-order valence-electron chi connectivity index (χ1n) is 11.2. The number of carbonyl (C=O) groups is 3. The smallest absolute Gasteiger partial charge is 0.330 e. The minimum Gasteiger partial charge on any atom is -0.465 e. The molecule has 0 aromatic heterocycles. The molecule has 1 saturated carbocycles. The fourth-order valence-corrected chi connectivity index (χ4v) is 6.21. The van der Waals surface area contributed by atoms with E-state index in [-0.39, 0.29) is 32.7 Å². The summed E-state index contributed by atoms with van der Waals surface area (Å²) in [6.07, 6.45) is 4.43. The van der Waals surface area contributed by atoms with Crippen molar-refractivity contribution >= 4 is 26.2 Å². The molecule has 0 bridgehead atoms. The van der Waals surface area contributed by atoms with Crippen LogP contribution in [0.3, 0.4) is 0 Å². The monoisotopic (exact) mass is 457 g/mol. The highest BCUT2D eigenvalue weighted by molar-refractivity contribution is 6.70. The molecule has 0 radical (unpaired) electrons. The fourth-order valence-electron chi connectivity index (χ4n) is 5.02. The maximum Gasteiger partial charge on any atom is 0.330 e. The van der Waals surface area contributed by atoms with Crippen molar-refractivity contribution in [3.05, 3.63) is 0 Å². The summed E-state index contributed by atoms with van der Waals surface area (Å²) in [4.78, 5) is 42.5. The van der Waals surface area contributed by atoms with Gasteiger partial charge in [0.2, 0.25) is 0 Å². The largest absolute Gasteiger partial charge is 0.465 e. The van der Waals surface area contributed by atoms with Crippen LogP contribution in [0.1, 0.15) is 46.0 Å². The third-order valence-electron chi connectivity index (χ3n) is 6.09. The topological polar surface area (TPSA) is 101 Å². The van der Waals surface area contributed by atoms with Gasteiger partial charge in [0.15, 0.2) is 26.6 Å². The van der Waals surface area contributed by atoms with Gasteiger partial charge in [0.25, 0.3) is 11.7 Å². The van der Waals surface area contributed by atoms with Gasteiger partial charge in [-0.3, -0.25) is 9.59 Å². The van der Waals surface area contributed by atoms with E-state index in [4.69, 9.17) is 23.4 Å². The lowest BCUT2D eigenvalue weighted by molar-refractivity contribution is -0.313. The average molecular weight is 458 g/mol. The van der Waals surface area contributed by atoms with Gasteiger partial charge < -0.3 is 28.3 Å². The van der Waals surface area contributed by atoms with Gasteiger partial charge in [0, 0.05) is 6.04 Å². The van der Waals surface area contributed by atoms with E-state index < -0.39 is 43.4 Å². The molecule has 0 spiro atoms. The fraction of sp³-hybridized carbons (Fsp3) is 0.857. The maximum absolute atomic E-state index is 14.1. The number of nitrogens with zero attached hydrogens (tertiary/aromatic N) is 1. The van der Waals surface area contributed by atoms with Gasteiger partial charge in [-0.2, -0.15) is 0 Å². The molecule has 3 fully saturated rings. The van der Waals surface area contributed by atoms with Crippen molar-refractivity contribution in [2.24, 2.45) is 5.41 Å². The van der Waals surface area contributed by atoms with Crippen LogP contribution in [0.25, 0.3) is 0 Å². The van der Waals surface area contributed by atoms with Gasteiger partial charge >= 0.3 is 11.9 Å². The molecular weight excluding hydrogens is 422 g/mol. The molecule has 3 unspecified atom stereocenters. The van der Waals surface area contributed by atoms with Gasteiger partial charge in [0.05, 0.1) is 19.8 Å². The van der Waals surface area contributed by atoms with Crippen molar-refractivity contribution in [1.82, 2.24) is 4.90 Å².